The zero-order chi connectivity index (χ0) is 33.0. The van der Waals surface area contributed by atoms with E-state index in [9.17, 15) is 0 Å². The van der Waals surface area contributed by atoms with E-state index in [0.717, 1.165) is 0 Å². The van der Waals surface area contributed by atoms with Gasteiger partial charge in [-0.05, 0) is 76.3 Å². The fourth-order valence-corrected chi connectivity index (χ4v) is 7.81. The predicted molar refractivity (Wildman–Crippen MR) is 211 cm³/mol. The molecule has 10 aromatic rings. The summed E-state index contributed by atoms with van der Waals surface area (Å²) in [5.41, 5.74) is 14.3. The van der Waals surface area contributed by atoms with Crippen LogP contribution in [0.1, 0.15) is 0 Å². The summed E-state index contributed by atoms with van der Waals surface area (Å²) >= 11 is 0. The number of fused-ring (bicyclic) bond motifs is 6. The van der Waals surface area contributed by atoms with Crippen molar-refractivity contribution in [1.29, 1.82) is 0 Å². The van der Waals surface area contributed by atoms with Crippen LogP contribution in [-0.4, -0.2) is 9.13 Å². The maximum atomic E-state index is 2.46. The van der Waals surface area contributed by atoms with Crippen LogP contribution in [0.2, 0.25) is 0 Å². The zero-order valence-corrected chi connectivity index (χ0v) is 27.4. The van der Waals surface area contributed by atoms with Crippen molar-refractivity contribution < 1.29 is 0 Å². The van der Waals surface area contributed by atoms with E-state index in [0.29, 0.717) is 0 Å². The molecule has 10 rings (SSSR count). The van der Waals surface area contributed by atoms with Gasteiger partial charge in [-0.15, -0.1) is 0 Å². The highest BCUT2D eigenvalue weighted by Gasteiger charge is 2.18. The number of benzene rings is 8. The van der Waals surface area contributed by atoms with Gasteiger partial charge in [-0.3, -0.25) is 0 Å². The van der Waals surface area contributed by atoms with Crippen LogP contribution in [0.3, 0.4) is 0 Å². The number of aromatic nitrogens is 2. The van der Waals surface area contributed by atoms with Crippen LogP contribution in [0, 0.1) is 0 Å². The average molecular weight is 637 g/mol. The fraction of sp³-hybridized carbons (Fsp3) is 0. The van der Waals surface area contributed by atoms with Crippen LogP contribution in [0.5, 0.6) is 0 Å². The minimum atomic E-state index is 1.17. The minimum absolute atomic E-state index is 1.17. The van der Waals surface area contributed by atoms with E-state index in [-0.39, 0.29) is 0 Å². The third-order valence-corrected chi connectivity index (χ3v) is 10.1. The Labute approximate surface area is 290 Å². The van der Waals surface area contributed by atoms with Crippen molar-refractivity contribution in [2.75, 3.05) is 0 Å². The van der Waals surface area contributed by atoms with Gasteiger partial charge in [-0.1, -0.05) is 146 Å². The lowest BCUT2D eigenvalue weighted by molar-refractivity contribution is 1.18. The van der Waals surface area contributed by atoms with E-state index in [2.05, 4.69) is 203 Å². The quantitative estimate of drug-likeness (QED) is 0.178. The first kappa shape index (κ1) is 28.4. The number of rotatable bonds is 5. The summed E-state index contributed by atoms with van der Waals surface area (Å²) < 4.78 is 4.86. The first-order valence-electron chi connectivity index (χ1n) is 17.2. The van der Waals surface area contributed by atoms with Crippen molar-refractivity contribution in [1.82, 2.24) is 9.13 Å². The monoisotopic (exact) mass is 636 g/mol. The number of para-hydroxylation sites is 3. The highest BCUT2D eigenvalue weighted by Crippen LogP contribution is 2.40. The second-order valence-corrected chi connectivity index (χ2v) is 13.0. The zero-order valence-electron chi connectivity index (χ0n) is 27.4. The maximum Gasteiger partial charge on any atom is 0.0547 e. The lowest BCUT2D eigenvalue weighted by Crippen LogP contribution is -1.98. The maximum absolute atomic E-state index is 2.46. The van der Waals surface area contributed by atoms with E-state index in [1.54, 1.807) is 0 Å². The second kappa shape index (κ2) is 11.5. The molecule has 0 unspecified atom stereocenters. The Morgan fingerprint density at radius 1 is 0.260 bits per heavy atom. The van der Waals surface area contributed by atoms with E-state index >= 15 is 0 Å². The van der Waals surface area contributed by atoms with Crippen LogP contribution in [0.25, 0.3) is 88.4 Å². The Bertz CT molecular complexity index is 2840. The van der Waals surface area contributed by atoms with Crippen molar-refractivity contribution in [3.63, 3.8) is 0 Å². The molecule has 0 radical (unpaired) electrons. The fourth-order valence-electron chi connectivity index (χ4n) is 7.81. The van der Waals surface area contributed by atoms with Crippen LogP contribution in [0.15, 0.2) is 194 Å². The topological polar surface area (TPSA) is 9.86 Å². The van der Waals surface area contributed by atoms with E-state index in [4.69, 9.17) is 0 Å². The third-order valence-electron chi connectivity index (χ3n) is 10.1. The van der Waals surface area contributed by atoms with E-state index in [1.807, 2.05) is 0 Å². The van der Waals surface area contributed by atoms with Gasteiger partial charge >= 0.3 is 0 Å². The number of hydrogen-bond acceptors (Lipinski definition) is 0. The molecule has 2 aromatic heterocycles. The smallest absolute Gasteiger partial charge is 0.0547 e. The summed E-state index contributed by atoms with van der Waals surface area (Å²) in [6, 6.07) is 70.4. The summed E-state index contributed by atoms with van der Waals surface area (Å²) in [7, 11) is 0. The molecular weight excluding hydrogens is 605 g/mol. The molecule has 0 bridgehead atoms. The van der Waals surface area contributed by atoms with Crippen molar-refractivity contribution in [2.24, 2.45) is 0 Å². The van der Waals surface area contributed by atoms with E-state index < -0.39 is 0 Å². The summed E-state index contributed by atoms with van der Waals surface area (Å²) in [6.45, 7) is 0. The summed E-state index contributed by atoms with van der Waals surface area (Å²) in [6.07, 6.45) is 0. The Kier molecular flexibility index (Phi) is 6.53. The minimum Gasteiger partial charge on any atom is -0.309 e. The molecule has 2 heteroatoms. The van der Waals surface area contributed by atoms with E-state index in [1.165, 1.54) is 88.4 Å². The van der Waals surface area contributed by atoms with Crippen molar-refractivity contribution >= 4 is 43.6 Å². The Hall–Kier alpha value is -6.64. The summed E-state index contributed by atoms with van der Waals surface area (Å²) in [4.78, 5) is 0. The van der Waals surface area contributed by atoms with Gasteiger partial charge in [0.25, 0.3) is 0 Å². The molecule has 0 fully saturated rings. The van der Waals surface area contributed by atoms with Crippen molar-refractivity contribution in [3.8, 4) is 44.8 Å². The Morgan fingerprint density at radius 2 is 0.700 bits per heavy atom. The van der Waals surface area contributed by atoms with Gasteiger partial charge in [0.05, 0.1) is 27.8 Å². The molecule has 0 saturated heterocycles. The number of hydrogen-bond donors (Lipinski definition) is 0. The highest BCUT2D eigenvalue weighted by molar-refractivity contribution is 6.12. The van der Waals surface area contributed by atoms with Gasteiger partial charge in [0.1, 0.15) is 0 Å². The molecule has 0 N–H and O–H groups in total. The first-order chi connectivity index (χ1) is 24.8. The normalized spacial score (nSPS) is 11.6. The molecule has 0 spiro atoms. The molecule has 0 aliphatic heterocycles. The Morgan fingerprint density at radius 3 is 1.32 bits per heavy atom. The summed E-state index contributed by atoms with van der Waals surface area (Å²) in [5, 5.41) is 5.02. The van der Waals surface area contributed by atoms with Crippen LogP contribution in [0.4, 0.5) is 0 Å². The molecule has 2 nitrogen and oxygen atoms in total. The lowest BCUT2D eigenvalue weighted by atomic mass is 9.97. The largest absolute Gasteiger partial charge is 0.309 e. The standard InChI is InChI=1S/C48H32N2/c1-4-14-33(15-5-1)35-26-29-46(43(30-35)34-16-6-2-7-17-34)50-45-23-13-11-21-40(45)42-28-25-37(32-48(42)50)36-24-27-41-39-20-10-12-22-44(39)49(47(41)31-36)38-18-8-3-9-19-38/h1-32H. The van der Waals surface area contributed by atoms with Crippen molar-refractivity contribution in [2.45, 2.75) is 0 Å². The van der Waals surface area contributed by atoms with Crippen LogP contribution < -0.4 is 0 Å². The molecule has 234 valence electrons. The van der Waals surface area contributed by atoms with Gasteiger partial charge in [0, 0.05) is 32.8 Å². The molecule has 8 aromatic carbocycles. The SMILES string of the molecule is c1ccc(-c2ccc(-n3c4ccccc4c4ccc(-c5ccc6c7ccccc7n(-c7ccccc7)c6c5)cc43)c(-c3ccccc3)c2)cc1. The predicted octanol–water partition coefficient (Wildman–Crippen LogP) is 12.9. The molecular formula is C48H32N2. The van der Waals surface area contributed by atoms with Gasteiger partial charge in [0.15, 0.2) is 0 Å². The first-order valence-corrected chi connectivity index (χ1v) is 17.2. The molecule has 2 heterocycles. The van der Waals surface area contributed by atoms with Gasteiger partial charge in [-0.25, -0.2) is 0 Å². The van der Waals surface area contributed by atoms with Gasteiger partial charge in [0.2, 0.25) is 0 Å². The van der Waals surface area contributed by atoms with Gasteiger partial charge in [-0.2, -0.15) is 0 Å². The lowest BCUT2D eigenvalue weighted by Gasteiger charge is -2.16. The van der Waals surface area contributed by atoms with Crippen LogP contribution in [-0.2, 0) is 0 Å². The average Bonchev–Trinajstić information content (AvgIpc) is 3.71. The van der Waals surface area contributed by atoms with Crippen molar-refractivity contribution in [3.05, 3.63) is 194 Å². The van der Waals surface area contributed by atoms with Crippen LogP contribution >= 0.6 is 0 Å². The molecule has 0 aliphatic carbocycles. The molecule has 0 amide bonds. The second-order valence-electron chi connectivity index (χ2n) is 13.0. The molecule has 0 aliphatic rings. The highest BCUT2D eigenvalue weighted by atomic mass is 15.0. The molecule has 0 saturated carbocycles. The third kappa shape index (κ3) is 4.50. The summed E-state index contributed by atoms with van der Waals surface area (Å²) in [5.74, 6) is 0. The Balaban J connectivity index is 1.22. The molecule has 50 heavy (non-hydrogen) atoms. The number of nitrogens with zero attached hydrogens (tertiary/aromatic N) is 2. The molecule has 0 atom stereocenters. The van der Waals surface area contributed by atoms with Gasteiger partial charge < -0.3 is 9.13 Å².